The van der Waals surface area contributed by atoms with Crippen molar-refractivity contribution >= 4 is 5.82 Å². The van der Waals surface area contributed by atoms with Gasteiger partial charge in [-0.3, -0.25) is 0 Å². The summed E-state index contributed by atoms with van der Waals surface area (Å²) in [5, 5.41) is 10.5. The van der Waals surface area contributed by atoms with Gasteiger partial charge in [0.15, 0.2) is 5.75 Å². The molecule has 0 aliphatic heterocycles. The molecule has 2 N–H and O–H groups in total. The minimum atomic E-state index is -2.96. The summed E-state index contributed by atoms with van der Waals surface area (Å²) in [7, 11) is 1.17. The number of hydrogen-bond acceptors (Lipinski definition) is 5. The lowest BCUT2D eigenvalue weighted by molar-refractivity contribution is -0.389. The van der Waals surface area contributed by atoms with Crippen LogP contribution < -0.4 is 10.5 Å². The third-order valence-electron chi connectivity index (χ3n) is 1.88. The summed E-state index contributed by atoms with van der Waals surface area (Å²) in [6, 6.07) is 1.02. The molecule has 0 aliphatic rings. The number of pyridine rings is 1. The molecule has 1 aromatic heterocycles. The van der Waals surface area contributed by atoms with Gasteiger partial charge >= 0.3 is 12.2 Å². The molecule has 0 saturated heterocycles. The van der Waals surface area contributed by atoms with E-state index in [-0.39, 0.29) is 17.9 Å². The van der Waals surface area contributed by atoms with E-state index in [0.717, 1.165) is 6.07 Å². The largest absolute Gasteiger partial charge is 0.492 e. The highest BCUT2D eigenvalue weighted by atomic mass is 19.3. The van der Waals surface area contributed by atoms with Gasteiger partial charge in [-0.1, -0.05) is 0 Å². The smallest absolute Gasteiger partial charge is 0.364 e. The number of nitro groups is 1. The van der Waals surface area contributed by atoms with Crippen molar-refractivity contribution in [3.63, 3.8) is 0 Å². The predicted octanol–water partition coefficient (Wildman–Crippen LogP) is 1.39. The molecule has 88 valence electrons. The maximum Gasteiger partial charge on any atom is 0.364 e. The summed E-state index contributed by atoms with van der Waals surface area (Å²) in [4.78, 5) is 12.8. The van der Waals surface area contributed by atoms with E-state index in [0.29, 0.717) is 0 Å². The molecule has 0 bridgehead atoms. The standard InChI is InChI=1S/C8H9F2N3O3/c1-16-7-4(3-11)2-5(13(14)15)12-6(7)8(9)10/h2,8H,3,11H2,1H3. The third-order valence-corrected chi connectivity index (χ3v) is 1.88. The van der Waals surface area contributed by atoms with Crippen molar-refractivity contribution in [3.8, 4) is 5.75 Å². The monoisotopic (exact) mass is 233 g/mol. The van der Waals surface area contributed by atoms with Crippen LogP contribution >= 0.6 is 0 Å². The lowest BCUT2D eigenvalue weighted by Crippen LogP contribution is -2.07. The molecule has 0 aromatic carbocycles. The number of aromatic nitrogens is 1. The van der Waals surface area contributed by atoms with E-state index in [4.69, 9.17) is 10.5 Å². The van der Waals surface area contributed by atoms with Crippen LogP contribution in [0.3, 0.4) is 0 Å². The van der Waals surface area contributed by atoms with Crippen molar-refractivity contribution < 1.29 is 18.4 Å². The van der Waals surface area contributed by atoms with Crippen LogP contribution in [-0.2, 0) is 6.54 Å². The van der Waals surface area contributed by atoms with Gasteiger partial charge in [0.05, 0.1) is 7.11 Å². The minimum absolute atomic E-state index is 0.125. The Morgan fingerprint density at radius 3 is 2.69 bits per heavy atom. The summed E-state index contributed by atoms with van der Waals surface area (Å²) in [6.45, 7) is -0.147. The van der Waals surface area contributed by atoms with Gasteiger partial charge < -0.3 is 20.6 Å². The second-order valence-corrected chi connectivity index (χ2v) is 2.82. The highest BCUT2D eigenvalue weighted by Crippen LogP contribution is 2.32. The third kappa shape index (κ3) is 2.22. The summed E-state index contributed by atoms with van der Waals surface area (Å²) >= 11 is 0. The van der Waals surface area contributed by atoms with Crippen LogP contribution in [0.1, 0.15) is 17.7 Å². The molecule has 0 atom stereocenters. The van der Waals surface area contributed by atoms with Crippen molar-refractivity contribution in [2.75, 3.05) is 7.11 Å². The zero-order valence-corrected chi connectivity index (χ0v) is 8.31. The fourth-order valence-corrected chi connectivity index (χ4v) is 1.22. The van der Waals surface area contributed by atoms with Crippen molar-refractivity contribution in [2.24, 2.45) is 5.73 Å². The Bertz CT molecular complexity index is 412. The first kappa shape index (κ1) is 12.2. The van der Waals surface area contributed by atoms with Crippen LogP contribution in [0.5, 0.6) is 5.75 Å². The predicted molar refractivity (Wildman–Crippen MR) is 50.3 cm³/mol. The average Bonchev–Trinajstić information content (AvgIpc) is 2.26. The van der Waals surface area contributed by atoms with Crippen molar-refractivity contribution in [3.05, 3.63) is 27.4 Å². The summed E-state index contributed by atoms with van der Waals surface area (Å²) in [5.74, 6) is -0.875. The number of methoxy groups -OCH3 is 1. The quantitative estimate of drug-likeness (QED) is 0.626. The molecule has 0 amide bonds. The van der Waals surface area contributed by atoms with Crippen molar-refractivity contribution in [1.29, 1.82) is 0 Å². The van der Waals surface area contributed by atoms with Gasteiger partial charge in [-0.25, -0.2) is 8.78 Å². The molecule has 1 rings (SSSR count). The SMILES string of the molecule is COc1c(CN)cc([N+](=O)[O-])nc1C(F)F. The molecule has 0 spiro atoms. The van der Waals surface area contributed by atoms with Crippen molar-refractivity contribution in [2.45, 2.75) is 13.0 Å². The van der Waals surface area contributed by atoms with Crippen LogP contribution in [0, 0.1) is 10.1 Å². The zero-order chi connectivity index (χ0) is 12.3. The molecule has 0 aliphatic carbocycles. The Hall–Kier alpha value is -1.83. The number of alkyl halides is 2. The molecule has 16 heavy (non-hydrogen) atoms. The van der Waals surface area contributed by atoms with Crippen molar-refractivity contribution in [1.82, 2.24) is 4.98 Å². The van der Waals surface area contributed by atoms with E-state index in [1.165, 1.54) is 7.11 Å². The number of nitrogens with two attached hydrogens (primary N) is 1. The van der Waals surface area contributed by atoms with Crippen LogP contribution in [0.4, 0.5) is 14.6 Å². The van der Waals surface area contributed by atoms with Gasteiger partial charge in [0.1, 0.15) is 0 Å². The normalized spacial score (nSPS) is 10.6. The first-order valence-corrected chi connectivity index (χ1v) is 4.21. The zero-order valence-electron chi connectivity index (χ0n) is 8.31. The maximum absolute atomic E-state index is 12.6. The van der Waals surface area contributed by atoms with Gasteiger partial charge in [0.25, 0.3) is 5.69 Å². The lowest BCUT2D eigenvalue weighted by Gasteiger charge is -2.08. The fourth-order valence-electron chi connectivity index (χ4n) is 1.22. The molecule has 8 heteroatoms. The van der Waals surface area contributed by atoms with E-state index in [2.05, 4.69) is 4.98 Å². The van der Waals surface area contributed by atoms with Crippen LogP contribution in [0.15, 0.2) is 6.07 Å². The van der Waals surface area contributed by atoms with Gasteiger partial charge in [0.2, 0.25) is 0 Å². The fraction of sp³-hybridized carbons (Fsp3) is 0.375. The Kier molecular flexibility index (Phi) is 3.67. The topological polar surface area (TPSA) is 91.3 Å². The number of rotatable bonds is 4. The van der Waals surface area contributed by atoms with Crippen LogP contribution in [-0.4, -0.2) is 17.0 Å². The van der Waals surface area contributed by atoms with Gasteiger partial charge in [0, 0.05) is 18.2 Å². The molecule has 0 saturated carbocycles. The molecule has 0 unspecified atom stereocenters. The first-order valence-electron chi connectivity index (χ1n) is 4.21. The van der Waals surface area contributed by atoms with E-state index < -0.39 is 22.9 Å². The Labute approximate surface area is 89.2 Å². The molecule has 6 nitrogen and oxygen atoms in total. The highest BCUT2D eigenvalue weighted by molar-refractivity contribution is 5.43. The van der Waals surface area contributed by atoms with E-state index >= 15 is 0 Å². The van der Waals surface area contributed by atoms with Crippen LogP contribution in [0.2, 0.25) is 0 Å². The number of nitrogens with zero attached hydrogens (tertiary/aromatic N) is 2. The second kappa shape index (κ2) is 4.79. The molecule has 0 fully saturated rings. The van der Waals surface area contributed by atoms with E-state index in [1.807, 2.05) is 0 Å². The van der Waals surface area contributed by atoms with Gasteiger partial charge in [-0.2, -0.15) is 0 Å². The van der Waals surface area contributed by atoms with E-state index in [1.54, 1.807) is 0 Å². The van der Waals surface area contributed by atoms with E-state index in [9.17, 15) is 18.9 Å². The van der Waals surface area contributed by atoms with Gasteiger partial charge in [-0.15, -0.1) is 0 Å². The Morgan fingerprint density at radius 1 is 1.69 bits per heavy atom. The molecule has 1 aromatic rings. The Balaban J connectivity index is 3.43. The van der Waals surface area contributed by atoms with Gasteiger partial charge in [-0.05, 0) is 9.91 Å². The Morgan fingerprint density at radius 2 is 2.31 bits per heavy atom. The lowest BCUT2D eigenvalue weighted by atomic mass is 10.2. The highest BCUT2D eigenvalue weighted by Gasteiger charge is 2.27. The maximum atomic E-state index is 12.6. The molecule has 1 heterocycles. The number of hydrogen-bond donors (Lipinski definition) is 1. The second-order valence-electron chi connectivity index (χ2n) is 2.82. The minimum Gasteiger partial charge on any atom is -0.492 e. The average molecular weight is 233 g/mol. The molecular weight excluding hydrogens is 224 g/mol. The van der Waals surface area contributed by atoms with Crippen LogP contribution in [0.25, 0.3) is 0 Å². The first-order chi connectivity index (χ1) is 7.51. The summed E-state index contributed by atoms with van der Waals surface area (Å²) in [5.41, 5.74) is 4.65. The number of ether oxygens (including phenoxy) is 1. The number of halogens is 2. The molecule has 0 radical (unpaired) electrons. The summed E-state index contributed by atoms with van der Waals surface area (Å²) < 4.78 is 29.9. The molecular formula is C8H9F2N3O3. The summed E-state index contributed by atoms with van der Waals surface area (Å²) in [6.07, 6.45) is -2.96.